The second-order valence-electron chi connectivity index (χ2n) is 11.7. The fourth-order valence-electron chi connectivity index (χ4n) is 7.68. The highest BCUT2D eigenvalue weighted by Crippen LogP contribution is 2.68. The Labute approximate surface area is 240 Å². The molecule has 7 nitrogen and oxygen atoms in total. The molecule has 40 heavy (non-hydrogen) atoms. The van der Waals surface area contributed by atoms with Crippen molar-refractivity contribution in [3.8, 4) is 0 Å². The summed E-state index contributed by atoms with van der Waals surface area (Å²) in [6.45, 7) is -1.59. The van der Waals surface area contributed by atoms with Crippen molar-refractivity contribution < 1.29 is 28.2 Å². The van der Waals surface area contributed by atoms with Crippen molar-refractivity contribution >= 4 is 40.7 Å². The van der Waals surface area contributed by atoms with Crippen LogP contribution in [0.4, 0.5) is 14.5 Å². The highest BCUT2D eigenvalue weighted by molar-refractivity contribution is 6.31. The third kappa shape index (κ3) is 4.08. The predicted molar refractivity (Wildman–Crippen MR) is 147 cm³/mol. The fourth-order valence-corrected chi connectivity index (χ4v) is 8.05. The zero-order chi connectivity index (χ0) is 28.3. The summed E-state index contributed by atoms with van der Waals surface area (Å²) < 4.78 is 34.1. The van der Waals surface area contributed by atoms with Crippen molar-refractivity contribution in [2.45, 2.75) is 60.7 Å². The molecule has 0 aromatic heterocycles. The number of hydrogen-bond acceptors (Lipinski definition) is 5. The molecule has 2 spiro atoms. The Bertz CT molecular complexity index is 1330. The van der Waals surface area contributed by atoms with E-state index in [0.29, 0.717) is 39.7 Å². The first-order valence-electron chi connectivity index (χ1n) is 13.5. The van der Waals surface area contributed by atoms with E-state index in [1.165, 1.54) is 0 Å². The molecule has 2 amide bonds. The standard InChI is InChI=1S/C29H31Cl2F2N3O4/c30-17-3-1-2-16(8-17)23-24(25(38)34-19-5-6-20(10-37)40-11-19)36-28(12-27(13-28,14-32)15-33)29(23)21-7-4-18(31)9-22(21)35-26(29)39/h1-4,7-9,19-20,23-24,36-37H,5-6,10-15H2,(H,34,38)(H,35,39)/t19-,20+,23+,24-,29-/m1/s1. The van der Waals surface area contributed by atoms with Gasteiger partial charge in [0.2, 0.25) is 11.8 Å². The number of rotatable bonds is 6. The monoisotopic (exact) mass is 593 g/mol. The van der Waals surface area contributed by atoms with Crippen molar-refractivity contribution in [2.75, 3.05) is 31.9 Å². The maximum atomic E-state index is 14.3. The van der Waals surface area contributed by atoms with Crippen LogP contribution in [0.25, 0.3) is 0 Å². The van der Waals surface area contributed by atoms with Crippen LogP contribution >= 0.6 is 23.2 Å². The number of anilines is 1. The van der Waals surface area contributed by atoms with Crippen molar-refractivity contribution in [1.82, 2.24) is 10.6 Å². The average molecular weight is 594 g/mol. The maximum absolute atomic E-state index is 14.3. The zero-order valence-corrected chi connectivity index (χ0v) is 23.2. The molecule has 0 bridgehead atoms. The Morgan fingerprint density at radius 2 is 1.85 bits per heavy atom. The molecule has 214 valence electrons. The van der Waals surface area contributed by atoms with Gasteiger partial charge in [-0.05, 0) is 61.1 Å². The minimum atomic E-state index is -1.36. The van der Waals surface area contributed by atoms with Gasteiger partial charge in [-0.2, -0.15) is 0 Å². The minimum Gasteiger partial charge on any atom is -0.394 e. The number of aliphatic hydroxyl groups excluding tert-OH is 1. The Hall–Kier alpha value is -2.30. The van der Waals surface area contributed by atoms with E-state index in [1.54, 1.807) is 36.4 Å². The lowest BCUT2D eigenvalue weighted by molar-refractivity contribution is -0.131. The number of hydrogen-bond donors (Lipinski definition) is 4. The second-order valence-corrected chi connectivity index (χ2v) is 12.6. The van der Waals surface area contributed by atoms with Crippen LogP contribution in [0, 0.1) is 5.41 Å². The van der Waals surface area contributed by atoms with Crippen LogP contribution < -0.4 is 16.0 Å². The van der Waals surface area contributed by atoms with Crippen molar-refractivity contribution in [1.29, 1.82) is 0 Å². The number of amides is 2. The van der Waals surface area contributed by atoms with E-state index < -0.39 is 41.7 Å². The minimum absolute atomic E-state index is 0.0358. The number of alkyl halides is 2. The van der Waals surface area contributed by atoms with E-state index in [1.807, 2.05) is 6.07 Å². The molecular weight excluding hydrogens is 563 g/mol. The van der Waals surface area contributed by atoms with Crippen LogP contribution in [0.1, 0.15) is 42.7 Å². The average Bonchev–Trinajstić information content (AvgIpc) is 3.40. The predicted octanol–water partition coefficient (Wildman–Crippen LogP) is 4.05. The molecule has 0 radical (unpaired) electrons. The van der Waals surface area contributed by atoms with Crippen LogP contribution in [-0.2, 0) is 19.7 Å². The topological polar surface area (TPSA) is 99.7 Å². The van der Waals surface area contributed by atoms with Crippen LogP contribution in [0.15, 0.2) is 42.5 Å². The molecule has 2 aromatic carbocycles. The number of fused-ring (bicyclic) bond motifs is 3. The van der Waals surface area contributed by atoms with Gasteiger partial charge in [-0.15, -0.1) is 0 Å². The van der Waals surface area contributed by atoms with E-state index in [-0.39, 0.29) is 50.0 Å². The second kappa shape index (κ2) is 10.2. The van der Waals surface area contributed by atoms with Crippen molar-refractivity contribution in [3.05, 3.63) is 63.6 Å². The normalized spacial score (nSPS) is 31.6. The smallest absolute Gasteiger partial charge is 0.238 e. The molecule has 6 rings (SSSR count). The molecule has 4 aliphatic rings. The summed E-state index contributed by atoms with van der Waals surface area (Å²) >= 11 is 12.7. The Morgan fingerprint density at radius 1 is 1.10 bits per heavy atom. The summed E-state index contributed by atoms with van der Waals surface area (Å²) in [5.41, 5.74) is -1.90. The molecule has 3 heterocycles. The SMILES string of the molecule is O=C(N[C@@H]1CC[C@@H](CO)OC1)[C@@H]1NC2(CC(CF)(CF)C2)[C@@]2(C(=O)Nc3cc(Cl)ccc32)[C@H]1c1cccc(Cl)c1. The highest BCUT2D eigenvalue weighted by Gasteiger charge is 2.77. The number of carbonyl (C=O) groups excluding carboxylic acids is 2. The third-order valence-electron chi connectivity index (χ3n) is 9.33. The Kier molecular flexibility index (Phi) is 7.11. The lowest BCUT2D eigenvalue weighted by atomic mass is 9.46. The molecule has 3 aliphatic heterocycles. The van der Waals surface area contributed by atoms with Gasteiger partial charge in [-0.25, -0.2) is 0 Å². The van der Waals surface area contributed by atoms with Gasteiger partial charge < -0.3 is 20.5 Å². The van der Waals surface area contributed by atoms with E-state index in [2.05, 4.69) is 16.0 Å². The van der Waals surface area contributed by atoms with Gasteiger partial charge in [-0.3, -0.25) is 23.7 Å². The molecule has 2 saturated heterocycles. The summed E-state index contributed by atoms with van der Waals surface area (Å²) in [6, 6.07) is 11.0. The Morgan fingerprint density at radius 3 is 2.50 bits per heavy atom. The summed E-state index contributed by atoms with van der Waals surface area (Å²) in [7, 11) is 0. The van der Waals surface area contributed by atoms with Crippen molar-refractivity contribution in [3.63, 3.8) is 0 Å². The molecule has 2 aromatic rings. The van der Waals surface area contributed by atoms with Gasteiger partial charge in [0.25, 0.3) is 0 Å². The molecule has 4 N–H and O–H groups in total. The van der Waals surface area contributed by atoms with E-state index in [9.17, 15) is 23.5 Å². The zero-order valence-electron chi connectivity index (χ0n) is 21.7. The van der Waals surface area contributed by atoms with E-state index in [4.69, 9.17) is 27.9 Å². The van der Waals surface area contributed by atoms with Gasteiger partial charge in [0.05, 0.1) is 44.8 Å². The van der Waals surface area contributed by atoms with Gasteiger partial charge >= 0.3 is 0 Å². The highest BCUT2D eigenvalue weighted by atomic mass is 35.5. The first-order valence-corrected chi connectivity index (χ1v) is 14.3. The summed E-state index contributed by atoms with van der Waals surface area (Å²) in [4.78, 5) is 28.3. The molecule has 5 atom stereocenters. The molecule has 1 saturated carbocycles. The van der Waals surface area contributed by atoms with E-state index in [0.717, 1.165) is 0 Å². The number of halogens is 4. The van der Waals surface area contributed by atoms with Crippen LogP contribution in [-0.4, -0.2) is 67.2 Å². The van der Waals surface area contributed by atoms with Gasteiger partial charge in [0.1, 0.15) is 5.41 Å². The number of carbonyl (C=O) groups is 2. The summed E-state index contributed by atoms with van der Waals surface area (Å²) in [5, 5.41) is 19.8. The number of aliphatic hydroxyl groups is 1. The van der Waals surface area contributed by atoms with Crippen LogP contribution in [0.2, 0.25) is 10.0 Å². The third-order valence-corrected chi connectivity index (χ3v) is 9.80. The molecular formula is C29H31Cl2F2N3O4. The maximum Gasteiger partial charge on any atom is 0.238 e. The molecule has 0 unspecified atom stereocenters. The van der Waals surface area contributed by atoms with Gasteiger partial charge in [0.15, 0.2) is 0 Å². The number of nitrogens with one attached hydrogen (secondary N) is 3. The van der Waals surface area contributed by atoms with Crippen LogP contribution in [0.3, 0.4) is 0 Å². The van der Waals surface area contributed by atoms with Gasteiger partial charge in [0, 0.05) is 32.6 Å². The quantitative estimate of drug-likeness (QED) is 0.405. The molecule has 11 heteroatoms. The first kappa shape index (κ1) is 27.8. The molecule has 3 fully saturated rings. The lowest BCUT2D eigenvalue weighted by Crippen LogP contribution is -2.70. The molecule has 1 aliphatic carbocycles. The number of benzene rings is 2. The van der Waals surface area contributed by atoms with Crippen LogP contribution in [0.5, 0.6) is 0 Å². The first-order chi connectivity index (χ1) is 19.2. The number of ether oxygens (including phenoxy) is 1. The lowest BCUT2D eigenvalue weighted by Gasteiger charge is -2.59. The van der Waals surface area contributed by atoms with Crippen molar-refractivity contribution in [2.24, 2.45) is 5.41 Å². The fraction of sp³-hybridized carbons (Fsp3) is 0.517. The summed E-state index contributed by atoms with van der Waals surface area (Å²) in [6.07, 6.45) is 1.02. The summed E-state index contributed by atoms with van der Waals surface area (Å²) in [5.74, 6) is -1.44. The largest absolute Gasteiger partial charge is 0.394 e. The van der Waals surface area contributed by atoms with Gasteiger partial charge in [-0.1, -0.05) is 41.4 Å². The van der Waals surface area contributed by atoms with E-state index >= 15 is 0 Å². The Balaban J connectivity index is 1.48.